The first-order valence-electron chi connectivity index (χ1n) is 10.1. The lowest BCUT2D eigenvalue weighted by atomic mass is 10.9. The Morgan fingerprint density at radius 2 is 1.00 bits per heavy atom. The van der Waals surface area contributed by atoms with Gasteiger partial charge in [0.25, 0.3) is 0 Å². The normalized spacial score (nSPS) is 16.0. The average Bonchev–Trinajstić information content (AvgIpc) is 2.30. The van der Waals surface area contributed by atoms with E-state index in [0.29, 0.717) is 5.16 Å². The second-order valence-electron chi connectivity index (χ2n) is 10.4. The average molecular weight is 455 g/mol. The molecule has 0 aromatic rings. The van der Waals surface area contributed by atoms with Gasteiger partial charge in [0.1, 0.15) is 0 Å². The third-order valence-corrected chi connectivity index (χ3v) is 23.7. The third kappa shape index (κ3) is 9.92. The first kappa shape index (κ1) is 26.9. The van der Waals surface area contributed by atoms with E-state index in [1.807, 2.05) is 0 Å². The molecule has 0 rings (SSSR count). The maximum atomic E-state index is 6.93. The molecule has 1 atom stereocenters. The minimum atomic E-state index is -2.45. The Balaban J connectivity index is 6.15. The van der Waals surface area contributed by atoms with Crippen molar-refractivity contribution < 1.29 is 17.1 Å². The zero-order chi connectivity index (χ0) is 21.0. The molecule has 26 heavy (non-hydrogen) atoms. The van der Waals surface area contributed by atoms with Gasteiger partial charge in [-0.2, -0.15) is 0 Å². The second-order valence-corrected chi connectivity index (χ2v) is 32.2. The number of rotatable bonds is 12. The zero-order valence-corrected chi connectivity index (χ0v) is 24.8. The van der Waals surface area contributed by atoms with Gasteiger partial charge in [0.05, 0.1) is 0 Å². The van der Waals surface area contributed by atoms with Crippen LogP contribution >= 0.6 is 0 Å². The predicted octanol–water partition coefficient (Wildman–Crippen LogP) is 6.15. The van der Waals surface area contributed by atoms with Gasteiger partial charge in [-0.15, -0.1) is 0 Å². The molecule has 0 N–H and O–H groups in total. The van der Waals surface area contributed by atoms with E-state index in [4.69, 9.17) is 17.1 Å². The molecule has 0 saturated heterocycles. The molecule has 4 nitrogen and oxygen atoms in total. The highest BCUT2D eigenvalue weighted by molar-refractivity contribution is 6.98. The van der Waals surface area contributed by atoms with Crippen LogP contribution in [0.1, 0.15) is 13.8 Å². The summed E-state index contributed by atoms with van der Waals surface area (Å²) in [5.41, 5.74) is 0. The van der Waals surface area contributed by atoms with Gasteiger partial charge >= 0.3 is 8.56 Å². The van der Waals surface area contributed by atoms with E-state index in [9.17, 15) is 0 Å². The second kappa shape index (κ2) is 9.62. The zero-order valence-electron chi connectivity index (χ0n) is 19.8. The standard InChI is InChI=1S/C17H46O4Si5/c1-14-18-24(9,10)16-17(25(11,12)19-15-2)26(13,20-22(3,4)5)21-23(6,7)8/h17H,14-16H2,1-13H3. The fourth-order valence-corrected chi connectivity index (χ4v) is 30.9. The molecule has 0 saturated carbocycles. The van der Waals surface area contributed by atoms with Crippen LogP contribution in [0.25, 0.3) is 0 Å². The molecule has 0 fully saturated rings. The van der Waals surface area contributed by atoms with Crippen LogP contribution in [0.2, 0.25) is 83.2 Å². The molecular weight excluding hydrogens is 409 g/mol. The Hall–Kier alpha value is 0.924. The Bertz CT molecular complexity index is 414. The first-order chi connectivity index (χ1) is 11.4. The van der Waals surface area contributed by atoms with Gasteiger partial charge in [0, 0.05) is 18.4 Å². The Labute approximate surface area is 169 Å². The first-order valence-corrected chi connectivity index (χ1v) is 25.4. The van der Waals surface area contributed by atoms with Crippen molar-refractivity contribution in [3.05, 3.63) is 0 Å². The van der Waals surface area contributed by atoms with E-state index in [1.54, 1.807) is 0 Å². The molecular formula is C17H46O4Si5. The van der Waals surface area contributed by atoms with Gasteiger partial charge in [-0.1, -0.05) is 0 Å². The van der Waals surface area contributed by atoms with Gasteiger partial charge in [-0.25, -0.2) is 0 Å². The molecule has 1 unspecified atom stereocenters. The van der Waals surface area contributed by atoms with E-state index >= 15 is 0 Å². The van der Waals surface area contributed by atoms with Crippen LogP contribution in [-0.4, -0.2) is 55.0 Å². The smallest absolute Gasteiger partial charge is 0.316 e. The van der Waals surface area contributed by atoms with Crippen LogP contribution in [-0.2, 0) is 17.1 Å². The molecule has 0 aliphatic rings. The van der Waals surface area contributed by atoms with Crippen molar-refractivity contribution in [1.29, 1.82) is 0 Å². The van der Waals surface area contributed by atoms with Gasteiger partial charge < -0.3 is 17.1 Å². The minimum absolute atomic E-state index is 0.376. The largest absolute Gasteiger partial charge is 0.437 e. The molecule has 0 heterocycles. The van der Waals surface area contributed by atoms with Crippen LogP contribution < -0.4 is 0 Å². The van der Waals surface area contributed by atoms with Crippen molar-refractivity contribution in [3.8, 4) is 0 Å². The summed E-state index contributed by atoms with van der Waals surface area (Å²) in [6.07, 6.45) is 0. The maximum Gasteiger partial charge on any atom is 0.316 e. The van der Waals surface area contributed by atoms with Crippen molar-refractivity contribution >= 4 is 41.8 Å². The molecule has 9 heteroatoms. The maximum absolute atomic E-state index is 6.93. The van der Waals surface area contributed by atoms with Crippen LogP contribution in [0.4, 0.5) is 0 Å². The fraction of sp³-hybridized carbons (Fsp3) is 1.00. The Morgan fingerprint density at radius 3 is 1.31 bits per heavy atom. The molecule has 0 bridgehead atoms. The minimum Gasteiger partial charge on any atom is -0.437 e. The monoisotopic (exact) mass is 454 g/mol. The summed E-state index contributed by atoms with van der Waals surface area (Å²) in [5.74, 6) is 0. The highest BCUT2D eigenvalue weighted by Gasteiger charge is 2.56. The molecule has 0 aliphatic heterocycles. The number of hydrogen-bond donors (Lipinski definition) is 0. The summed E-state index contributed by atoms with van der Waals surface area (Å²) < 4.78 is 26.5. The third-order valence-electron chi connectivity index (χ3n) is 4.24. The van der Waals surface area contributed by atoms with E-state index < -0.39 is 41.8 Å². The summed E-state index contributed by atoms with van der Waals surface area (Å²) in [5, 5.41) is 0.376. The SMILES string of the molecule is CCO[Si](C)(C)CC([Si](C)(C)OCC)[Si](C)(O[Si](C)(C)C)O[Si](C)(C)C. The van der Waals surface area contributed by atoms with Gasteiger partial charge in [0.15, 0.2) is 33.3 Å². The van der Waals surface area contributed by atoms with E-state index in [1.165, 1.54) is 0 Å². The van der Waals surface area contributed by atoms with Crippen molar-refractivity contribution in [3.63, 3.8) is 0 Å². The van der Waals surface area contributed by atoms with E-state index in [0.717, 1.165) is 19.3 Å². The topological polar surface area (TPSA) is 36.9 Å². The molecule has 0 aromatic carbocycles. The van der Waals surface area contributed by atoms with E-state index in [-0.39, 0.29) is 0 Å². The van der Waals surface area contributed by atoms with Crippen molar-refractivity contribution in [2.75, 3.05) is 13.2 Å². The Morgan fingerprint density at radius 1 is 0.615 bits per heavy atom. The molecule has 0 amide bonds. The molecule has 158 valence electrons. The van der Waals surface area contributed by atoms with E-state index in [2.05, 4.69) is 85.9 Å². The highest BCUT2D eigenvalue weighted by atomic mass is 28.5. The Kier molecular flexibility index (Phi) is 9.96. The summed E-state index contributed by atoms with van der Waals surface area (Å²) in [7, 11) is -9.75. The fourth-order valence-electron chi connectivity index (χ4n) is 3.86. The van der Waals surface area contributed by atoms with Gasteiger partial charge in [-0.3, -0.25) is 0 Å². The lowest BCUT2D eigenvalue weighted by Gasteiger charge is -2.49. The van der Waals surface area contributed by atoms with Crippen molar-refractivity contribution in [1.82, 2.24) is 0 Å². The van der Waals surface area contributed by atoms with Gasteiger partial charge in [-0.05, 0) is 91.9 Å². The highest BCUT2D eigenvalue weighted by Crippen LogP contribution is 2.43. The molecule has 0 radical (unpaired) electrons. The van der Waals surface area contributed by atoms with Crippen LogP contribution in [0.15, 0.2) is 0 Å². The quantitative estimate of drug-likeness (QED) is 0.331. The number of hydrogen-bond acceptors (Lipinski definition) is 4. The lowest BCUT2D eigenvalue weighted by Crippen LogP contribution is -2.62. The summed E-state index contributed by atoms with van der Waals surface area (Å²) in [6.45, 7) is 31.1. The summed E-state index contributed by atoms with van der Waals surface area (Å²) >= 11 is 0. The lowest BCUT2D eigenvalue weighted by molar-refractivity contribution is 0.304. The van der Waals surface area contributed by atoms with Crippen molar-refractivity contribution in [2.45, 2.75) is 97.1 Å². The van der Waals surface area contributed by atoms with Crippen molar-refractivity contribution in [2.24, 2.45) is 0 Å². The van der Waals surface area contributed by atoms with Crippen LogP contribution in [0.5, 0.6) is 0 Å². The summed E-state index contributed by atoms with van der Waals surface area (Å²) in [6, 6.07) is 1.07. The molecule has 0 spiro atoms. The molecule has 0 aliphatic carbocycles. The van der Waals surface area contributed by atoms with Crippen LogP contribution in [0.3, 0.4) is 0 Å². The summed E-state index contributed by atoms with van der Waals surface area (Å²) in [4.78, 5) is 0. The van der Waals surface area contributed by atoms with Gasteiger partial charge in [0.2, 0.25) is 0 Å². The molecule has 0 aromatic heterocycles. The predicted molar refractivity (Wildman–Crippen MR) is 127 cm³/mol. The van der Waals surface area contributed by atoms with Crippen LogP contribution in [0, 0.1) is 0 Å².